The third-order valence-corrected chi connectivity index (χ3v) is 5.12. The van der Waals surface area contributed by atoms with Crippen LogP contribution < -0.4 is 10.1 Å². The minimum absolute atomic E-state index is 0.0840. The largest absolute Gasteiger partial charge is 0.495 e. The van der Waals surface area contributed by atoms with Crippen LogP contribution in [0.15, 0.2) is 41.8 Å². The lowest BCUT2D eigenvalue weighted by Gasteiger charge is -2.09. The first-order chi connectivity index (χ1) is 14.3. The molecule has 0 aliphatic heterocycles. The Bertz CT molecular complexity index is 1240. The SMILES string of the molecule is COc1ccc(Cl)cc1NC(=O)c1nc2nc(-c3cccs3)cc(C(F)(F)F)n2n1. The van der Waals surface area contributed by atoms with Gasteiger partial charge in [-0.25, -0.2) is 4.98 Å². The van der Waals surface area contributed by atoms with Crippen molar-refractivity contribution < 1.29 is 22.7 Å². The van der Waals surface area contributed by atoms with Gasteiger partial charge in [0.15, 0.2) is 5.69 Å². The summed E-state index contributed by atoms with van der Waals surface area (Å²) in [5, 5.41) is 8.25. The highest BCUT2D eigenvalue weighted by molar-refractivity contribution is 7.13. The molecule has 1 aromatic carbocycles. The van der Waals surface area contributed by atoms with E-state index >= 15 is 0 Å². The van der Waals surface area contributed by atoms with Gasteiger partial charge in [-0.1, -0.05) is 17.7 Å². The van der Waals surface area contributed by atoms with E-state index in [1.807, 2.05) is 0 Å². The summed E-state index contributed by atoms with van der Waals surface area (Å²) in [4.78, 5) is 21.1. The molecule has 0 atom stereocenters. The zero-order chi connectivity index (χ0) is 21.5. The van der Waals surface area contributed by atoms with Gasteiger partial charge in [0.2, 0.25) is 5.82 Å². The van der Waals surface area contributed by atoms with E-state index in [1.165, 1.54) is 30.6 Å². The van der Waals surface area contributed by atoms with Gasteiger partial charge in [-0.3, -0.25) is 4.79 Å². The maximum Gasteiger partial charge on any atom is 0.433 e. The van der Waals surface area contributed by atoms with Crippen molar-refractivity contribution in [2.45, 2.75) is 6.18 Å². The van der Waals surface area contributed by atoms with E-state index in [0.29, 0.717) is 20.2 Å². The van der Waals surface area contributed by atoms with Crippen LogP contribution in [-0.2, 0) is 6.18 Å². The van der Waals surface area contributed by atoms with Gasteiger partial charge in [0.25, 0.3) is 11.7 Å². The zero-order valence-electron chi connectivity index (χ0n) is 15.1. The lowest BCUT2D eigenvalue weighted by Crippen LogP contribution is -2.16. The summed E-state index contributed by atoms with van der Waals surface area (Å²) in [7, 11) is 1.40. The van der Waals surface area contributed by atoms with E-state index in [4.69, 9.17) is 16.3 Å². The van der Waals surface area contributed by atoms with Gasteiger partial charge in [0.1, 0.15) is 5.75 Å². The highest BCUT2D eigenvalue weighted by atomic mass is 35.5. The van der Waals surface area contributed by atoms with Crippen LogP contribution in [0, 0.1) is 0 Å². The average molecular weight is 454 g/mol. The molecule has 154 valence electrons. The maximum absolute atomic E-state index is 13.6. The standard InChI is InChI=1S/C18H11ClF3N5O2S/c1-29-12-5-4-9(19)7-10(12)23-16(28)15-25-17-24-11(13-3-2-6-30-13)8-14(18(20,21)22)27(17)26-15/h2-8H,1H3,(H,23,28). The number of hydrogen-bond donors (Lipinski definition) is 1. The van der Waals surface area contributed by atoms with E-state index in [1.54, 1.807) is 23.6 Å². The topological polar surface area (TPSA) is 81.4 Å². The van der Waals surface area contributed by atoms with Crippen LogP contribution in [0.5, 0.6) is 5.75 Å². The van der Waals surface area contributed by atoms with Crippen molar-refractivity contribution in [1.29, 1.82) is 0 Å². The van der Waals surface area contributed by atoms with Gasteiger partial charge < -0.3 is 10.1 Å². The number of nitrogens with zero attached hydrogens (tertiary/aromatic N) is 4. The Kier molecular flexibility index (Phi) is 5.08. The van der Waals surface area contributed by atoms with Gasteiger partial charge in [0, 0.05) is 5.02 Å². The maximum atomic E-state index is 13.6. The van der Waals surface area contributed by atoms with Crippen molar-refractivity contribution in [3.63, 3.8) is 0 Å². The molecule has 0 bridgehead atoms. The number of anilines is 1. The second-order valence-corrected chi connectivity index (χ2v) is 7.33. The minimum atomic E-state index is -4.73. The Hall–Kier alpha value is -3.18. The summed E-state index contributed by atoms with van der Waals surface area (Å²) in [6.45, 7) is 0. The van der Waals surface area contributed by atoms with Gasteiger partial charge in [-0.2, -0.15) is 22.7 Å². The molecule has 12 heteroatoms. The first kappa shape index (κ1) is 20.1. The third kappa shape index (κ3) is 3.81. The van der Waals surface area contributed by atoms with Crippen LogP contribution in [0.25, 0.3) is 16.3 Å². The quantitative estimate of drug-likeness (QED) is 0.480. The molecule has 0 aliphatic carbocycles. The molecule has 0 saturated carbocycles. The number of fused-ring (bicyclic) bond motifs is 1. The van der Waals surface area contributed by atoms with Crippen LogP contribution in [0.1, 0.15) is 16.3 Å². The summed E-state index contributed by atoms with van der Waals surface area (Å²) in [6, 6.07) is 8.73. The Morgan fingerprint density at radius 1 is 1.23 bits per heavy atom. The van der Waals surface area contributed by atoms with Gasteiger partial charge in [-0.15, -0.1) is 16.4 Å². The average Bonchev–Trinajstić information content (AvgIpc) is 3.36. The predicted molar refractivity (Wildman–Crippen MR) is 105 cm³/mol. The van der Waals surface area contributed by atoms with Crippen LogP contribution >= 0.6 is 22.9 Å². The number of ether oxygens (including phenoxy) is 1. The number of halogens is 4. The molecule has 30 heavy (non-hydrogen) atoms. The number of carbonyl (C=O) groups is 1. The van der Waals surface area contributed by atoms with Crippen LogP contribution in [0.2, 0.25) is 5.02 Å². The molecule has 0 radical (unpaired) electrons. The van der Waals surface area contributed by atoms with E-state index < -0.39 is 23.6 Å². The second kappa shape index (κ2) is 7.58. The molecule has 0 aliphatic rings. The molecule has 0 unspecified atom stereocenters. The third-order valence-electron chi connectivity index (χ3n) is 3.99. The van der Waals surface area contributed by atoms with Crippen molar-refractivity contribution >= 4 is 40.3 Å². The number of amides is 1. The van der Waals surface area contributed by atoms with Gasteiger partial charge >= 0.3 is 6.18 Å². The van der Waals surface area contributed by atoms with Crippen molar-refractivity contribution in [3.8, 4) is 16.3 Å². The molecule has 1 N–H and O–H groups in total. The van der Waals surface area contributed by atoms with E-state index in [-0.39, 0.29) is 17.2 Å². The number of thiophene rings is 1. The number of benzene rings is 1. The second-order valence-electron chi connectivity index (χ2n) is 5.95. The molecule has 3 aromatic heterocycles. The minimum Gasteiger partial charge on any atom is -0.495 e. The Morgan fingerprint density at radius 3 is 2.70 bits per heavy atom. The number of nitrogens with one attached hydrogen (secondary N) is 1. The summed E-state index contributed by atoms with van der Waals surface area (Å²) in [5.41, 5.74) is -0.791. The summed E-state index contributed by atoms with van der Waals surface area (Å²) in [6.07, 6.45) is -4.73. The fourth-order valence-electron chi connectivity index (χ4n) is 2.67. The molecule has 0 fully saturated rings. The van der Waals surface area contributed by atoms with Gasteiger partial charge in [0.05, 0.1) is 23.4 Å². The summed E-state index contributed by atoms with van der Waals surface area (Å²) < 4.78 is 46.4. The summed E-state index contributed by atoms with van der Waals surface area (Å²) in [5.74, 6) is -1.37. The first-order valence-electron chi connectivity index (χ1n) is 8.30. The van der Waals surface area contributed by atoms with Crippen molar-refractivity contribution in [3.05, 3.63) is 58.3 Å². The number of carbonyl (C=O) groups excluding carboxylic acids is 1. The van der Waals surface area contributed by atoms with Crippen LogP contribution in [0.4, 0.5) is 18.9 Å². The fraction of sp³-hybridized carbons (Fsp3) is 0.111. The molecule has 4 aromatic rings. The first-order valence-corrected chi connectivity index (χ1v) is 9.56. The van der Waals surface area contributed by atoms with Crippen molar-refractivity contribution in [1.82, 2.24) is 19.6 Å². The number of alkyl halides is 3. The predicted octanol–water partition coefficient (Wildman–Crippen LogP) is 4.79. The summed E-state index contributed by atoms with van der Waals surface area (Å²) >= 11 is 7.16. The molecule has 4 rings (SSSR count). The lowest BCUT2D eigenvalue weighted by molar-refractivity contribution is -0.142. The van der Waals surface area contributed by atoms with Crippen LogP contribution in [-0.4, -0.2) is 32.6 Å². The number of aromatic nitrogens is 4. The Balaban J connectivity index is 1.77. The molecule has 0 spiro atoms. The van der Waals surface area contributed by atoms with Crippen molar-refractivity contribution in [2.24, 2.45) is 0 Å². The number of rotatable bonds is 4. The molecule has 3 heterocycles. The van der Waals surface area contributed by atoms with E-state index in [9.17, 15) is 18.0 Å². The molecule has 7 nitrogen and oxygen atoms in total. The smallest absolute Gasteiger partial charge is 0.433 e. The fourth-order valence-corrected chi connectivity index (χ4v) is 3.53. The van der Waals surface area contributed by atoms with Crippen LogP contribution in [0.3, 0.4) is 0 Å². The van der Waals surface area contributed by atoms with Crippen molar-refractivity contribution in [2.75, 3.05) is 12.4 Å². The molecular formula is C18H11ClF3N5O2S. The normalized spacial score (nSPS) is 11.6. The Morgan fingerprint density at radius 2 is 2.03 bits per heavy atom. The van der Waals surface area contributed by atoms with Gasteiger partial charge in [-0.05, 0) is 35.7 Å². The molecule has 1 amide bonds. The van der Waals surface area contributed by atoms with E-state index in [2.05, 4.69) is 20.4 Å². The highest BCUT2D eigenvalue weighted by Crippen LogP contribution is 2.33. The lowest BCUT2D eigenvalue weighted by atomic mass is 10.3. The molecule has 0 saturated heterocycles. The molecular weight excluding hydrogens is 443 g/mol. The van der Waals surface area contributed by atoms with E-state index in [0.717, 1.165) is 6.07 Å². The number of methoxy groups -OCH3 is 1. The number of hydrogen-bond acceptors (Lipinski definition) is 6. The highest BCUT2D eigenvalue weighted by Gasteiger charge is 2.36. The Labute approximate surface area is 176 Å². The monoisotopic (exact) mass is 453 g/mol. The zero-order valence-corrected chi connectivity index (χ0v) is 16.6.